The second-order valence-corrected chi connectivity index (χ2v) is 8.68. The number of methoxy groups -OCH3 is 1. The second kappa shape index (κ2) is 8.90. The molecule has 0 radical (unpaired) electrons. The van der Waals surface area contributed by atoms with Crippen LogP contribution in [0.15, 0.2) is 51.4 Å². The van der Waals surface area contributed by atoms with E-state index in [1.165, 1.54) is 13.2 Å². The molecular weight excluding hydrogens is 473 g/mol. The van der Waals surface area contributed by atoms with Gasteiger partial charge in [-0.25, -0.2) is 9.37 Å². The van der Waals surface area contributed by atoms with Gasteiger partial charge in [-0.2, -0.15) is 0 Å². The first kappa shape index (κ1) is 21.1. The van der Waals surface area contributed by atoms with Gasteiger partial charge in [0.2, 0.25) is 5.89 Å². The molecule has 0 spiro atoms. The van der Waals surface area contributed by atoms with Crippen LogP contribution in [0.2, 0.25) is 5.02 Å². The van der Waals surface area contributed by atoms with Gasteiger partial charge in [-0.3, -0.25) is 4.79 Å². The first-order valence-corrected chi connectivity index (χ1v) is 11.0. The van der Waals surface area contributed by atoms with Crippen LogP contribution in [-0.4, -0.2) is 18.1 Å². The molecule has 0 aliphatic heterocycles. The fourth-order valence-electron chi connectivity index (χ4n) is 4.06. The number of rotatable bonds is 4. The van der Waals surface area contributed by atoms with Crippen molar-refractivity contribution in [3.63, 3.8) is 0 Å². The van der Waals surface area contributed by atoms with Crippen molar-refractivity contribution in [2.24, 2.45) is 5.92 Å². The minimum absolute atomic E-state index is 0.00236. The number of hydrogen-bond acceptors (Lipinski definition) is 4. The fourth-order valence-corrected chi connectivity index (χ4v) is 4.50. The van der Waals surface area contributed by atoms with Gasteiger partial charge in [0, 0.05) is 16.0 Å². The number of oxazole rings is 1. The Bertz CT molecular complexity index is 1070. The lowest BCUT2D eigenvalue weighted by Crippen LogP contribution is -2.26. The minimum atomic E-state index is -0.581. The molecule has 1 fully saturated rings. The van der Waals surface area contributed by atoms with Crippen LogP contribution in [0.4, 0.5) is 4.39 Å². The summed E-state index contributed by atoms with van der Waals surface area (Å²) in [6.45, 7) is 0. The summed E-state index contributed by atoms with van der Waals surface area (Å²) in [5.41, 5.74) is 1.63. The molecule has 4 nitrogen and oxygen atoms in total. The molecule has 0 amide bonds. The van der Waals surface area contributed by atoms with Crippen LogP contribution in [0.3, 0.4) is 0 Å². The molecule has 1 saturated carbocycles. The first-order valence-electron chi connectivity index (χ1n) is 9.78. The van der Waals surface area contributed by atoms with Crippen LogP contribution in [0, 0.1) is 11.7 Å². The van der Waals surface area contributed by atoms with Crippen molar-refractivity contribution in [1.29, 1.82) is 0 Å². The van der Waals surface area contributed by atoms with Crippen molar-refractivity contribution in [2.75, 3.05) is 7.11 Å². The average Bonchev–Trinajstić information content (AvgIpc) is 3.20. The first-order chi connectivity index (χ1) is 14.5. The number of halogens is 3. The van der Waals surface area contributed by atoms with Crippen LogP contribution in [-0.2, 0) is 9.53 Å². The van der Waals surface area contributed by atoms with Crippen LogP contribution in [0.25, 0.3) is 22.7 Å². The van der Waals surface area contributed by atoms with Crippen molar-refractivity contribution >= 4 is 33.5 Å². The van der Waals surface area contributed by atoms with E-state index in [9.17, 15) is 9.18 Å². The normalized spacial score (nSPS) is 18.9. The molecular formula is C23H20BrClFNO3. The molecule has 0 saturated heterocycles. The van der Waals surface area contributed by atoms with Crippen molar-refractivity contribution < 1.29 is 18.3 Å². The van der Waals surface area contributed by atoms with E-state index in [2.05, 4.69) is 20.9 Å². The predicted molar refractivity (Wildman–Crippen MR) is 117 cm³/mol. The smallest absolute Gasteiger partial charge is 0.309 e. The highest BCUT2D eigenvalue weighted by molar-refractivity contribution is 9.10. The number of carbonyl (C=O) groups excluding carboxylic acids is 1. The third kappa shape index (κ3) is 4.03. The number of carbonyl (C=O) groups is 1. The molecule has 30 heavy (non-hydrogen) atoms. The third-order valence-corrected chi connectivity index (χ3v) is 6.38. The van der Waals surface area contributed by atoms with E-state index in [4.69, 9.17) is 20.8 Å². The van der Waals surface area contributed by atoms with Crippen molar-refractivity contribution in [3.8, 4) is 22.7 Å². The van der Waals surface area contributed by atoms with Gasteiger partial charge in [0.25, 0.3) is 0 Å². The highest BCUT2D eigenvalue weighted by Crippen LogP contribution is 2.44. The van der Waals surface area contributed by atoms with E-state index >= 15 is 0 Å². The summed E-state index contributed by atoms with van der Waals surface area (Å²) in [7, 11) is 1.40. The molecule has 7 heteroatoms. The second-order valence-electron chi connectivity index (χ2n) is 7.36. The Labute approximate surface area is 187 Å². The van der Waals surface area contributed by atoms with Gasteiger partial charge in [0.05, 0.1) is 23.6 Å². The van der Waals surface area contributed by atoms with Crippen molar-refractivity contribution in [2.45, 2.75) is 31.6 Å². The van der Waals surface area contributed by atoms with Crippen LogP contribution < -0.4 is 0 Å². The summed E-state index contributed by atoms with van der Waals surface area (Å²) in [4.78, 5) is 17.1. The highest BCUT2D eigenvalue weighted by atomic mass is 79.9. The molecule has 4 rings (SSSR count). The molecule has 1 aromatic heterocycles. The molecule has 2 atom stereocenters. The third-order valence-electron chi connectivity index (χ3n) is 5.56. The minimum Gasteiger partial charge on any atom is -0.469 e. The SMILES string of the molecule is COC(=O)C1CCCCC1c1oc(-c2cccc(Cl)c2F)nc1-c1ccc(Br)cc1. The summed E-state index contributed by atoms with van der Waals surface area (Å²) in [5.74, 6) is -0.606. The van der Waals surface area contributed by atoms with Gasteiger partial charge in [0.15, 0.2) is 5.82 Å². The topological polar surface area (TPSA) is 52.3 Å². The summed E-state index contributed by atoms with van der Waals surface area (Å²) in [5, 5.41) is 0.00236. The van der Waals surface area contributed by atoms with Gasteiger partial charge in [0.1, 0.15) is 11.5 Å². The van der Waals surface area contributed by atoms with Gasteiger partial charge in [-0.1, -0.05) is 58.6 Å². The Morgan fingerprint density at radius 2 is 1.93 bits per heavy atom. The Morgan fingerprint density at radius 3 is 2.67 bits per heavy atom. The summed E-state index contributed by atoms with van der Waals surface area (Å²) in [6, 6.07) is 12.4. The number of nitrogens with zero attached hydrogens (tertiary/aromatic N) is 1. The molecule has 1 heterocycles. The maximum absolute atomic E-state index is 14.7. The number of aromatic nitrogens is 1. The Morgan fingerprint density at radius 1 is 1.20 bits per heavy atom. The van der Waals surface area contributed by atoms with Crippen molar-refractivity contribution in [3.05, 3.63) is 63.5 Å². The lowest BCUT2D eigenvalue weighted by atomic mass is 9.77. The van der Waals surface area contributed by atoms with E-state index in [0.29, 0.717) is 11.5 Å². The number of ether oxygens (including phenoxy) is 1. The van der Waals surface area contributed by atoms with Crippen molar-refractivity contribution in [1.82, 2.24) is 4.98 Å². The van der Waals surface area contributed by atoms with Crippen LogP contribution in [0.1, 0.15) is 37.4 Å². The zero-order valence-electron chi connectivity index (χ0n) is 16.3. The van der Waals surface area contributed by atoms with Gasteiger partial charge >= 0.3 is 5.97 Å². The number of hydrogen-bond donors (Lipinski definition) is 0. The van der Waals surface area contributed by atoms with Gasteiger partial charge in [-0.05, 0) is 37.1 Å². The molecule has 0 N–H and O–H groups in total. The van der Waals surface area contributed by atoms with Gasteiger partial charge < -0.3 is 9.15 Å². The summed E-state index contributed by atoms with van der Waals surface area (Å²) >= 11 is 9.41. The molecule has 3 aromatic rings. The Hall–Kier alpha value is -2.18. The molecule has 1 aliphatic rings. The van der Waals surface area contributed by atoms with Crippen LogP contribution >= 0.6 is 27.5 Å². The quantitative estimate of drug-likeness (QED) is 0.368. The predicted octanol–water partition coefficient (Wildman–Crippen LogP) is 7.01. The molecule has 2 unspecified atom stereocenters. The largest absolute Gasteiger partial charge is 0.469 e. The van der Waals surface area contributed by atoms with E-state index in [-0.39, 0.29) is 34.3 Å². The Balaban J connectivity index is 1.87. The van der Waals surface area contributed by atoms with Crippen LogP contribution in [0.5, 0.6) is 0 Å². The highest BCUT2D eigenvalue weighted by Gasteiger charge is 2.37. The lowest BCUT2D eigenvalue weighted by Gasteiger charge is -2.28. The van der Waals surface area contributed by atoms with E-state index in [1.54, 1.807) is 12.1 Å². The molecule has 0 bridgehead atoms. The lowest BCUT2D eigenvalue weighted by molar-refractivity contribution is -0.147. The maximum Gasteiger partial charge on any atom is 0.309 e. The monoisotopic (exact) mass is 491 g/mol. The van der Waals surface area contributed by atoms with E-state index in [1.807, 2.05) is 24.3 Å². The molecule has 1 aliphatic carbocycles. The standard InChI is InChI=1S/C23H20BrClFNO3/c1-29-23(28)16-6-3-2-5-15(16)21-20(13-9-11-14(24)12-10-13)27-22(30-21)17-7-4-8-18(25)19(17)26/h4,7-12,15-16H,2-3,5-6H2,1H3. The summed E-state index contributed by atoms with van der Waals surface area (Å²) in [6.07, 6.45) is 3.42. The molecule has 2 aromatic carbocycles. The Kier molecular flexibility index (Phi) is 6.25. The van der Waals surface area contributed by atoms with E-state index in [0.717, 1.165) is 35.7 Å². The van der Waals surface area contributed by atoms with Gasteiger partial charge in [-0.15, -0.1) is 0 Å². The fraction of sp³-hybridized carbons (Fsp3) is 0.304. The number of benzene rings is 2. The summed E-state index contributed by atoms with van der Waals surface area (Å²) < 4.78 is 26.8. The number of esters is 1. The maximum atomic E-state index is 14.7. The average molecular weight is 493 g/mol. The zero-order chi connectivity index (χ0) is 21.3. The zero-order valence-corrected chi connectivity index (χ0v) is 18.7. The molecule has 156 valence electrons. The van der Waals surface area contributed by atoms with E-state index < -0.39 is 5.82 Å².